The fourth-order valence-electron chi connectivity index (χ4n) is 1.83. The maximum atomic E-state index is 13.1. The van der Waals surface area contributed by atoms with E-state index in [2.05, 4.69) is 5.32 Å². The first-order valence-corrected chi connectivity index (χ1v) is 5.59. The summed E-state index contributed by atoms with van der Waals surface area (Å²) < 4.78 is 44.2. The molecule has 0 aromatic rings. The van der Waals surface area contributed by atoms with Crippen LogP contribution in [0, 0.1) is 5.41 Å². The van der Waals surface area contributed by atoms with Crippen molar-refractivity contribution in [1.82, 2.24) is 5.32 Å². The summed E-state index contributed by atoms with van der Waals surface area (Å²) in [4.78, 5) is 11.8. The van der Waals surface area contributed by atoms with E-state index in [-0.39, 0.29) is 25.9 Å². The predicted molar refractivity (Wildman–Crippen MR) is 56.4 cm³/mol. The molecule has 0 saturated carbocycles. The molecule has 0 atom stereocenters. The molecule has 0 unspecified atom stereocenters. The fourth-order valence-corrected chi connectivity index (χ4v) is 1.83. The zero-order valence-electron chi connectivity index (χ0n) is 10.3. The molecular weight excluding hydrogens is 235 g/mol. The summed E-state index contributed by atoms with van der Waals surface area (Å²) in [5, 5.41) is 2.82. The van der Waals surface area contributed by atoms with Crippen molar-refractivity contribution in [2.45, 2.75) is 45.4 Å². The summed E-state index contributed by atoms with van der Waals surface area (Å²) in [7, 11) is 0. The van der Waals surface area contributed by atoms with Gasteiger partial charge in [0.1, 0.15) is 5.60 Å². The third-order valence-corrected chi connectivity index (χ3v) is 2.79. The van der Waals surface area contributed by atoms with E-state index < -0.39 is 23.2 Å². The van der Waals surface area contributed by atoms with E-state index in [1.54, 1.807) is 20.8 Å². The van der Waals surface area contributed by atoms with Gasteiger partial charge in [0, 0.05) is 0 Å². The topological polar surface area (TPSA) is 38.3 Å². The predicted octanol–water partition coefficient (Wildman–Crippen LogP) is 2.26. The van der Waals surface area contributed by atoms with Gasteiger partial charge in [-0.3, -0.25) is 4.79 Å². The zero-order valence-corrected chi connectivity index (χ0v) is 10.3. The van der Waals surface area contributed by atoms with Crippen molar-refractivity contribution in [3.8, 4) is 0 Å². The Balaban J connectivity index is 2.95. The molecule has 1 aliphatic heterocycles. The number of nitrogens with one attached hydrogen (secondary N) is 1. The van der Waals surface area contributed by atoms with Gasteiger partial charge in [0.05, 0.1) is 0 Å². The Morgan fingerprint density at radius 2 is 1.65 bits per heavy atom. The highest BCUT2D eigenvalue weighted by atomic mass is 19.4. The first-order chi connectivity index (χ1) is 7.58. The SMILES string of the molecule is CC(C)(C)OC(=O)C1(C(F)(F)F)CCNCC1. The quantitative estimate of drug-likeness (QED) is 0.728. The summed E-state index contributed by atoms with van der Waals surface area (Å²) in [6.07, 6.45) is -5.08. The second kappa shape index (κ2) is 4.48. The van der Waals surface area contributed by atoms with Crippen LogP contribution in [0.1, 0.15) is 33.6 Å². The van der Waals surface area contributed by atoms with Crippen LogP contribution in [0.3, 0.4) is 0 Å². The van der Waals surface area contributed by atoms with Crippen molar-refractivity contribution >= 4 is 5.97 Å². The summed E-state index contributed by atoms with van der Waals surface area (Å²) in [6, 6.07) is 0. The van der Waals surface area contributed by atoms with Crippen molar-refractivity contribution < 1.29 is 22.7 Å². The Kier molecular flexibility index (Phi) is 3.76. The lowest BCUT2D eigenvalue weighted by atomic mass is 9.78. The molecule has 100 valence electrons. The molecule has 1 saturated heterocycles. The Labute approximate surface area is 98.7 Å². The largest absolute Gasteiger partial charge is 0.459 e. The first-order valence-electron chi connectivity index (χ1n) is 5.59. The molecule has 1 aliphatic rings. The maximum Gasteiger partial charge on any atom is 0.405 e. The number of carbonyl (C=O) groups is 1. The first kappa shape index (κ1) is 14.3. The van der Waals surface area contributed by atoms with Crippen molar-refractivity contribution in [1.29, 1.82) is 0 Å². The Bertz CT molecular complexity index is 288. The van der Waals surface area contributed by atoms with E-state index in [0.29, 0.717) is 0 Å². The Hall–Kier alpha value is -0.780. The summed E-state index contributed by atoms with van der Waals surface area (Å²) >= 11 is 0. The van der Waals surface area contributed by atoms with Gasteiger partial charge in [-0.1, -0.05) is 0 Å². The zero-order chi connectivity index (χ0) is 13.3. The van der Waals surface area contributed by atoms with Crippen molar-refractivity contribution in [3.63, 3.8) is 0 Å². The van der Waals surface area contributed by atoms with E-state index in [4.69, 9.17) is 4.74 Å². The molecule has 0 aliphatic carbocycles. The molecule has 0 bridgehead atoms. The highest BCUT2D eigenvalue weighted by molar-refractivity contribution is 5.78. The number of rotatable bonds is 1. The molecule has 3 nitrogen and oxygen atoms in total. The van der Waals surface area contributed by atoms with Gasteiger partial charge in [-0.2, -0.15) is 13.2 Å². The monoisotopic (exact) mass is 253 g/mol. The van der Waals surface area contributed by atoms with E-state index >= 15 is 0 Å². The third-order valence-electron chi connectivity index (χ3n) is 2.79. The van der Waals surface area contributed by atoms with E-state index in [1.165, 1.54) is 0 Å². The molecule has 1 fully saturated rings. The minimum Gasteiger partial charge on any atom is -0.459 e. The molecular formula is C11H18F3NO2. The average Bonchev–Trinajstić information content (AvgIpc) is 2.14. The lowest BCUT2D eigenvalue weighted by Gasteiger charge is -2.38. The molecule has 0 aromatic heterocycles. The number of esters is 1. The Morgan fingerprint density at radius 3 is 2.00 bits per heavy atom. The highest BCUT2D eigenvalue weighted by Gasteiger charge is 2.61. The smallest absolute Gasteiger partial charge is 0.405 e. The minimum atomic E-state index is -4.56. The van der Waals surface area contributed by atoms with E-state index in [9.17, 15) is 18.0 Å². The van der Waals surface area contributed by atoms with Crippen LogP contribution in [0.25, 0.3) is 0 Å². The van der Waals surface area contributed by atoms with Crippen molar-refractivity contribution in [2.75, 3.05) is 13.1 Å². The summed E-state index contributed by atoms with van der Waals surface area (Å²) in [6.45, 7) is 5.06. The molecule has 0 amide bonds. The number of ether oxygens (including phenoxy) is 1. The lowest BCUT2D eigenvalue weighted by Crippen LogP contribution is -2.53. The molecule has 1 heterocycles. The standard InChI is InChI=1S/C11H18F3NO2/c1-9(2,3)17-8(16)10(11(12,13)14)4-6-15-7-5-10/h15H,4-7H2,1-3H3. The second-order valence-electron chi connectivity index (χ2n) is 5.33. The summed E-state index contributed by atoms with van der Waals surface area (Å²) in [5.74, 6) is -1.15. The fraction of sp³-hybridized carbons (Fsp3) is 0.909. The van der Waals surface area contributed by atoms with Crippen LogP contribution >= 0.6 is 0 Å². The van der Waals surface area contributed by atoms with Crippen LogP contribution in [0.15, 0.2) is 0 Å². The van der Waals surface area contributed by atoms with Gasteiger partial charge in [0.25, 0.3) is 0 Å². The van der Waals surface area contributed by atoms with Crippen molar-refractivity contribution in [3.05, 3.63) is 0 Å². The third kappa shape index (κ3) is 3.12. The molecule has 0 radical (unpaired) electrons. The average molecular weight is 253 g/mol. The molecule has 1 N–H and O–H groups in total. The van der Waals surface area contributed by atoms with Gasteiger partial charge in [0.2, 0.25) is 0 Å². The number of piperidine rings is 1. The molecule has 0 aromatic carbocycles. The minimum absolute atomic E-state index is 0.179. The van der Waals surface area contributed by atoms with Crippen LogP contribution in [0.2, 0.25) is 0 Å². The number of hydrogen-bond acceptors (Lipinski definition) is 3. The van der Waals surface area contributed by atoms with Gasteiger partial charge < -0.3 is 10.1 Å². The van der Waals surface area contributed by atoms with Gasteiger partial charge >= 0.3 is 12.1 Å². The van der Waals surface area contributed by atoms with Gasteiger partial charge in [-0.25, -0.2) is 0 Å². The number of carbonyl (C=O) groups excluding carboxylic acids is 1. The van der Waals surface area contributed by atoms with Gasteiger partial charge in [0.15, 0.2) is 5.41 Å². The van der Waals surface area contributed by atoms with E-state index in [1.807, 2.05) is 0 Å². The molecule has 6 heteroatoms. The number of alkyl halides is 3. The highest BCUT2D eigenvalue weighted by Crippen LogP contribution is 2.46. The number of hydrogen-bond donors (Lipinski definition) is 1. The van der Waals surface area contributed by atoms with Crippen LogP contribution in [-0.2, 0) is 9.53 Å². The second-order valence-corrected chi connectivity index (χ2v) is 5.33. The summed E-state index contributed by atoms with van der Waals surface area (Å²) in [5.41, 5.74) is -3.24. The van der Waals surface area contributed by atoms with E-state index in [0.717, 1.165) is 0 Å². The van der Waals surface area contributed by atoms with Gasteiger partial charge in [-0.15, -0.1) is 0 Å². The van der Waals surface area contributed by atoms with Crippen molar-refractivity contribution in [2.24, 2.45) is 5.41 Å². The number of halogens is 3. The van der Waals surface area contributed by atoms with Crippen LogP contribution in [0.5, 0.6) is 0 Å². The van der Waals surface area contributed by atoms with Crippen LogP contribution < -0.4 is 5.32 Å². The van der Waals surface area contributed by atoms with Crippen LogP contribution in [-0.4, -0.2) is 30.8 Å². The molecule has 0 spiro atoms. The molecule has 17 heavy (non-hydrogen) atoms. The maximum absolute atomic E-state index is 13.1. The normalized spacial score (nSPS) is 21.1. The Morgan fingerprint density at radius 1 is 1.18 bits per heavy atom. The van der Waals surface area contributed by atoms with Crippen LogP contribution in [0.4, 0.5) is 13.2 Å². The van der Waals surface area contributed by atoms with Gasteiger partial charge in [-0.05, 0) is 46.7 Å². The lowest BCUT2D eigenvalue weighted by molar-refractivity contribution is -0.246. The molecule has 1 rings (SSSR count).